The molecule has 0 atom stereocenters. The molecule has 1 N–H and O–H groups in total. The van der Waals surface area contributed by atoms with Gasteiger partial charge in [0.05, 0.1) is 5.69 Å². The SMILES string of the molecule is CC(C)(C)c1nc2cc(C(=O)NC3CCC3)ccn2c1CC1CCCCC1. The Labute approximate surface area is 162 Å². The van der Waals surface area contributed by atoms with Crippen LogP contribution in [0.1, 0.15) is 93.9 Å². The molecule has 2 saturated carbocycles. The number of rotatable bonds is 4. The van der Waals surface area contributed by atoms with E-state index in [1.807, 2.05) is 12.1 Å². The number of imidazole rings is 1. The lowest BCUT2D eigenvalue weighted by Gasteiger charge is -2.26. The van der Waals surface area contributed by atoms with E-state index in [2.05, 4.69) is 36.7 Å². The van der Waals surface area contributed by atoms with E-state index in [0.717, 1.165) is 36.4 Å². The van der Waals surface area contributed by atoms with Crippen molar-refractivity contribution in [1.82, 2.24) is 14.7 Å². The zero-order chi connectivity index (χ0) is 19.0. The van der Waals surface area contributed by atoms with E-state index in [4.69, 9.17) is 4.98 Å². The normalized spacial score (nSPS) is 19.2. The second-order valence-corrected chi connectivity index (χ2v) is 9.61. The number of carbonyl (C=O) groups excluding carboxylic acids is 1. The standard InChI is InChI=1S/C23H33N3O/c1-23(2,3)21-19(14-16-8-5-4-6-9-16)26-13-12-17(15-20(26)25-21)22(27)24-18-10-7-11-18/h12-13,15-16,18H,4-11,14H2,1-3H3,(H,24,27). The fourth-order valence-electron chi connectivity index (χ4n) is 4.52. The molecule has 2 heterocycles. The van der Waals surface area contributed by atoms with Gasteiger partial charge in [-0.25, -0.2) is 4.98 Å². The minimum absolute atomic E-state index is 0.00434. The Kier molecular flexibility index (Phi) is 5.00. The van der Waals surface area contributed by atoms with Crippen LogP contribution in [0.4, 0.5) is 0 Å². The first kappa shape index (κ1) is 18.5. The zero-order valence-corrected chi connectivity index (χ0v) is 17.1. The first-order valence-electron chi connectivity index (χ1n) is 10.7. The van der Waals surface area contributed by atoms with Gasteiger partial charge < -0.3 is 9.72 Å². The largest absolute Gasteiger partial charge is 0.349 e. The Bertz CT molecular complexity index is 820. The average molecular weight is 368 g/mol. The van der Waals surface area contributed by atoms with Crippen molar-refractivity contribution < 1.29 is 4.79 Å². The van der Waals surface area contributed by atoms with Gasteiger partial charge in [0, 0.05) is 28.9 Å². The van der Waals surface area contributed by atoms with Crippen molar-refractivity contribution in [2.75, 3.05) is 0 Å². The van der Waals surface area contributed by atoms with Crippen LogP contribution in [0.5, 0.6) is 0 Å². The van der Waals surface area contributed by atoms with E-state index in [0.29, 0.717) is 6.04 Å². The van der Waals surface area contributed by atoms with E-state index >= 15 is 0 Å². The molecule has 0 radical (unpaired) electrons. The van der Waals surface area contributed by atoms with E-state index in [9.17, 15) is 4.79 Å². The number of nitrogens with one attached hydrogen (secondary N) is 1. The monoisotopic (exact) mass is 367 g/mol. The average Bonchev–Trinajstić information content (AvgIpc) is 2.97. The lowest BCUT2D eigenvalue weighted by atomic mass is 9.83. The number of pyridine rings is 1. The number of fused-ring (bicyclic) bond motifs is 1. The van der Waals surface area contributed by atoms with Crippen LogP contribution >= 0.6 is 0 Å². The van der Waals surface area contributed by atoms with Crippen molar-refractivity contribution in [3.05, 3.63) is 35.3 Å². The minimum atomic E-state index is 0.00434. The maximum atomic E-state index is 12.5. The highest BCUT2D eigenvalue weighted by molar-refractivity contribution is 5.95. The fourth-order valence-corrected chi connectivity index (χ4v) is 4.52. The highest BCUT2D eigenvalue weighted by Gasteiger charge is 2.27. The van der Waals surface area contributed by atoms with Crippen LogP contribution in [0, 0.1) is 5.92 Å². The van der Waals surface area contributed by atoms with Crippen molar-refractivity contribution in [1.29, 1.82) is 0 Å². The summed E-state index contributed by atoms with van der Waals surface area (Å²) in [5.41, 5.74) is 4.17. The van der Waals surface area contributed by atoms with Gasteiger partial charge >= 0.3 is 0 Å². The Balaban J connectivity index is 1.66. The molecule has 2 aliphatic carbocycles. The molecule has 0 saturated heterocycles. The number of nitrogens with zero attached hydrogens (tertiary/aromatic N) is 2. The van der Waals surface area contributed by atoms with E-state index < -0.39 is 0 Å². The van der Waals surface area contributed by atoms with Gasteiger partial charge in [-0.3, -0.25) is 4.79 Å². The molecule has 0 aromatic carbocycles. The second-order valence-electron chi connectivity index (χ2n) is 9.61. The summed E-state index contributed by atoms with van der Waals surface area (Å²) >= 11 is 0. The molecule has 27 heavy (non-hydrogen) atoms. The Morgan fingerprint density at radius 1 is 1.15 bits per heavy atom. The van der Waals surface area contributed by atoms with Gasteiger partial charge in [-0.1, -0.05) is 52.9 Å². The molecule has 0 bridgehead atoms. The molecule has 0 spiro atoms. The third-order valence-corrected chi connectivity index (χ3v) is 6.34. The van der Waals surface area contributed by atoms with Crippen LogP contribution < -0.4 is 5.32 Å². The third kappa shape index (κ3) is 3.90. The van der Waals surface area contributed by atoms with Crippen molar-refractivity contribution in [3.8, 4) is 0 Å². The van der Waals surface area contributed by atoms with E-state index in [-0.39, 0.29) is 11.3 Å². The topological polar surface area (TPSA) is 46.4 Å². The lowest BCUT2D eigenvalue weighted by Crippen LogP contribution is -2.39. The van der Waals surface area contributed by atoms with Crippen LogP contribution in [0.2, 0.25) is 0 Å². The molecule has 2 aliphatic rings. The molecule has 2 aromatic rings. The number of amides is 1. The van der Waals surface area contributed by atoms with Crippen LogP contribution in [0.15, 0.2) is 18.3 Å². The predicted molar refractivity (Wildman–Crippen MR) is 109 cm³/mol. The molecule has 146 valence electrons. The van der Waals surface area contributed by atoms with Crippen molar-refractivity contribution >= 4 is 11.6 Å². The Morgan fingerprint density at radius 3 is 2.52 bits per heavy atom. The molecule has 4 heteroatoms. The van der Waals surface area contributed by atoms with Gasteiger partial charge in [-0.2, -0.15) is 0 Å². The quantitative estimate of drug-likeness (QED) is 0.823. The maximum Gasteiger partial charge on any atom is 0.251 e. The predicted octanol–water partition coefficient (Wildman–Crippen LogP) is 5.04. The number of hydrogen-bond acceptors (Lipinski definition) is 2. The summed E-state index contributed by atoms with van der Waals surface area (Å²) in [5.74, 6) is 0.803. The summed E-state index contributed by atoms with van der Waals surface area (Å²) in [6.45, 7) is 6.72. The summed E-state index contributed by atoms with van der Waals surface area (Å²) in [4.78, 5) is 17.5. The Morgan fingerprint density at radius 2 is 1.89 bits per heavy atom. The van der Waals surface area contributed by atoms with Crippen molar-refractivity contribution in [3.63, 3.8) is 0 Å². The Hall–Kier alpha value is -1.84. The summed E-state index contributed by atoms with van der Waals surface area (Å²) in [7, 11) is 0. The van der Waals surface area contributed by atoms with E-state index in [1.165, 1.54) is 49.9 Å². The zero-order valence-electron chi connectivity index (χ0n) is 17.1. The number of carbonyl (C=O) groups is 1. The van der Waals surface area contributed by atoms with Crippen LogP contribution in [-0.2, 0) is 11.8 Å². The molecule has 2 fully saturated rings. The second kappa shape index (κ2) is 7.29. The molecule has 0 aliphatic heterocycles. The number of hydrogen-bond donors (Lipinski definition) is 1. The van der Waals surface area contributed by atoms with E-state index in [1.54, 1.807) is 0 Å². The lowest BCUT2D eigenvalue weighted by molar-refractivity contribution is 0.0917. The summed E-state index contributed by atoms with van der Waals surface area (Å²) in [6.07, 6.45) is 13.4. The summed E-state index contributed by atoms with van der Waals surface area (Å²) < 4.78 is 2.23. The van der Waals surface area contributed by atoms with Crippen molar-refractivity contribution in [2.24, 2.45) is 5.92 Å². The van der Waals surface area contributed by atoms with Crippen LogP contribution in [0.3, 0.4) is 0 Å². The van der Waals surface area contributed by atoms with Gasteiger partial charge in [-0.15, -0.1) is 0 Å². The first-order chi connectivity index (χ1) is 12.9. The van der Waals surface area contributed by atoms with Crippen molar-refractivity contribution in [2.45, 2.75) is 90.0 Å². The summed E-state index contributed by atoms with van der Waals surface area (Å²) in [6, 6.07) is 4.29. The molecular weight excluding hydrogens is 334 g/mol. The summed E-state index contributed by atoms with van der Waals surface area (Å²) in [5, 5.41) is 3.14. The van der Waals surface area contributed by atoms with Crippen LogP contribution in [-0.4, -0.2) is 21.3 Å². The smallest absolute Gasteiger partial charge is 0.251 e. The fraction of sp³-hybridized carbons (Fsp3) is 0.652. The minimum Gasteiger partial charge on any atom is -0.349 e. The molecule has 4 rings (SSSR count). The highest BCUT2D eigenvalue weighted by atomic mass is 16.1. The molecule has 2 aromatic heterocycles. The van der Waals surface area contributed by atoms with Gasteiger partial charge in [-0.05, 0) is 43.7 Å². The molecule has 0 unspecified atom stereocenters. The molecular formula is C23H33N3O. The van der Waals surface area contributed by atoms with Gasteiger partial charge in [0.25, 0.3) is 5.91 Å². The first-order valence-corrected chi connectivity index (χ1v) is 10.7. The van der Waals surface area contributed by atoms with Gasteiger partial charge in [0.2, 0.25) is 0 Å². The molecule has 4 nitrogen and oxygen atoms in total. The van der Waals surface area contributed by atoms with Gasteiger partial charge in [0.1, 0.15) is 5.65 Å². The maximum absolute atomic E-state index is 12.5. The van der Waals surface area contributed by atoms with Crippen LogP contribution in [0.25, 0.3) is 5.65 Å². The van der Waals surface area contributed by atoms with Gasteiger partial charge in [0.15, 0.2) is 0 Å². The third-order valence-electron chi connectivity index (χ3n) is 6.34. The highest BCUT2D eigenvalue weighted by Crippen LogP contribution is 2.32. The molecule has 1 amide bonds. The number of aromatic nitrogens is 2.